The number of benzene rings is 2. The summed E-state index contributed by atoms with van der Waals surface area (Å²) >= 11 is 0. The maximum atomic E-state index is 11.2. The zero-order valence-electron chi connectivity index (χ0n) is 11.1. The summed E-state index contributed by atoms with van der Waals surface area (Å²) < 4.78 is 0. The van der Waals surface area contributed by atoms with Gasteiger partial charge in [0.25, 0.3) is 0 Å². The van der Waals surface area contributed by atoms with Crippen LogP contribution in [0.25, 0.3) is 0 Å². The number of carbonyl (C=O) groups is 1. The summed E-state index contributed by atoms with van der Waals surface area (Å²) in [6.45, 7) is 4.60. The number of aryl methyl sites for hydroxylation is 2. The second-order valence-corrected chi connectivity index (χ2v) is 4.70. The van der Waals surface area contributed by atoms with Crippen molar-refractivity contribution < 1.29 is 9.90 Å². The highest BCUT2D eigenvalue weighted by Gasteiger charge is 2.09. The highest BCUT2D eigenvalue weighted by Crippen LogP contribution is 2.18. The highest BCUT2D eigenvalue weighted by atomic mass is 16.4. The Morgan fingerprint density at radius 3 is 2.53 bits per heavy atom. The zero-order chi connectivity index (χ0) is 13.8. The van der Waals surface area contributed by atoms with Crippen molar-refractivity contribution in [2.45, 2.75) is 20.4 Å². The zero-order valence-corrected chi connectivity index (χ0v) is 11.1. The lowest BCUT2D eigenvalue weighted by Gasteiger charge is -2.11. The molecule has 0 bridgehead atoms. The van der Waals surface area contributed by atoms with Gasteiger partial charge in [0.15, 0.2) is 0 Å². The van der Waals surface area contributed by atoms with Gasteiger partial charge in [-0.2, -0.15) is 0 Å². The predicted molar refractivity (Wildman–Crippen MR) is 76.6 cm³/mol. The van der Waals surface area contributed by atoms with E-state index in [1.165, 1.54) is 5.56 Å². The number of nitrogens with one attached hydrogen (secondary N) is 1. The monoisotopic (exact) mass is 255 g/mol. The average Bonchev–Trinajstić information content (AvgIpc) is 2.36. The molecule has 0 amide bonds. The summed E-state index contributed by atoms with van der Waals surface area (Å²) in [6, 6.07) is 13.5. The van der Waals surface area contributed by atoms with Crippen molar-refractivity contribution in [2.75, 3.05) is 5.32 Å². The van der Waals surface area contributed by atoms with Gasteiger partial charge in [-0.1, -0.05) is 35.9 Å². The Kier molecular flexibility index (Phi) is 3.85. The van der Waals surface area contributed by atoms with Crippen molar-refractivity contribution >= 4 is 11.7 Å². The minimum Gasteiger partial charge on any atom is -0.478 e. The van der Waals surface area contributed by atoms with Crippen LogP contribution in [0.3, 0.4) is 0 Å². The fourth-order valence-corrected chi connectivity index (χ4v) is 2.01. The highest BCUT2D eigenvalue weighted by molar-refractivity contribution is 5.94. The number of rotatable bonds is 4. The van der Waals surface area contributed by atoms with Crippen molar-refractivity contribution in [1.29, 1.82) is 0 Å². The Labute approximate surface area is 112 Å². The first-order chi connectivity index (χ1) is 9.06. The molecule has 2 N–H and O–H groups in total. The first-order valence-electron chi connectivity index (χ1n) is 6.19. The molecule has 98 valence electrons. The molecule has 0 aliphatic carbocycles. The number of anilines is 1. The third-order valence-corrected chi connectivity index (χ3v) is 2.97. The van der Waals surface area contributed by atoms with Crippen LogP contribution in [0.1, 0.15) is 27.0 Å². The van der Waals surface area contributed by atoms with Gasteiger partial charge in [-0.25, -0.2) is 4.79 Å². The van der Waals surface area contributed by atoms with E-state index in [0.717, 1.165) is 11.1 Å². The van der Waals surface area contributed by atoms with Crippen molar-refractivity contribution in [3.8, 4) is 0 Å². The first kappa shape index (κ1) is 13.1. The van der Waals surface area contributed by atoms with Crippen LogP contribution in [0.2, 0.25) is 0 Å². The Hall–Kier alpha value is -2.29. The van der Waals surface area contributed by atoms with Crippen LogP contribution in [-0.4, -0.2) is 11.1 Å². The molecule has 0 aromatic heterocycles. The lowest BCUT2D eigenvalue weighted by molar-refractivity contribution is 0.0698. The third kappa shape index (κ3) is 3.35. The molecule has 0 radical (unpaired) electrons. The molecule has 0 atom stereocenters. The lowest BCUT2D eigenvalue weighted by atomic mass is 10.1. The fourth-order valence-electron chi connectivity index (χ4n) is 2.01. The van der Waals surface area contributed by atoms with Gasteiger partial charge in [0.05, 0.1) is 5.56 Å². The Balaban J connectivity index is 2.19. The van der Waals surface area contributed by atoms with Crippen molar-refractivity contribution in [1.82, 2.24) is 0 Å². The first-order valence-corrected chi connectivity index (χ1v) is 6.19. The van der Waals surface area contributed by atoms with E-state index in [0.29, 0.717) is 17.8 Å². The molecule has 2 aromatic carbocycles. The smallest absolute Gasteiger partial charge is 0.337 e. The summed E-state index contributed by atoms with van der Waals surface area (Å²) in [4.78, 5) is 11.2. The molecule has 19 heavy (non-hydrogen) atoms. The molecule has 2 rings (SSSR count). The van der Waals surface area contributed by atoms with Crippen LogP contribution in [0.4, 0.5) is 5.69 Å². The molecule has 0 unspecified atom stereocenters. The third-order valence-electron chi connectivity index (χ3n) is 2.97. The molecule has 3 nitrogen and oxygen atoms in total. The number of hydrogen-bond acceptors (Lipinski definition) is 2. The second-order valence-electron chi connectivity index (χ2n) is 4.70. The molecule has 0 saturated carbocycles. The molecular weight excluding hydrogens is 238 g/mol. The quantitative estimate of drug-likeness (QED) is 0.877. The maximum absolute atomic E-state index is 11.2. The van der Waals surface area contributed by atoms with Crippen LogP contribution in [0, 0.1) is 13.8 Å². The average molecular weight is 255 g/mol. The van der Waals surface area contributed by atoms with E-state index in [-0.39, 0.29) is 0 Å². The van der Waals surface area contributed by atoms with Gasteiger partial charge in [-0.3, -0.25) is 0 Å². The lowest BCUT2D eigenvalue weighted by Crippen LogP contribution is -2.06. The molecule has 0 heterocycles. The van der Waals surface area contributed by atoms with E-state index in [9.17, 15) is 4.79 Å². The van der Waals surface area contributed by atoms with Gasteiger partial charge in [0, 0.05) is 12.2 Å². The summed E-state index contributed by atoms with van der Waals surface area (Å²) in [5.74, 6) is -0.910. The van der Waals surface area contributed by atoms with Crippen LogP contribution >= 0.6 is 0 Å². The number of hydrogen-bond donors (Lipinski definition) is 2. The standard InChI is InChI=1S/C16H17NO2/c1-11-4-3-5-13(8-11)10-17-15-9-12(2)6-7-14(15)16(18)19/h3-9,17H,10H2,1-2H3,(H,18,19). The Morgan fingerprint density at radius 2 is 1.84 bits per heavy atom. The second kappa shape index (κ2) is 5.57. The van der Waals surface area contributed by atoms with Gasteiger partial charge in [0.2, 0.25) is 0 Å². The van der Waals surface area contributed by atoms with Crippen LogP contribution in [0.15, 0.2) is 42.5 Å². The summed E-state index contributed by atoms with van der Waals surface area (Å²) in [5.41, 5.74) is 4.34. The van der Waals surface area contributed by atoms with Gasteiger partial charge in [0.1, 0.15) is 0 Å². The van der Waals surface area contributed by atoms with Crippen LogP contribution < -0.4 is 5.32 Å². The van der Waals surface area contributed by atoms with E-state index in [1.54, 1.807) is 12.1 Å². The Bertz CT molecular complexity index is 605. The maximum Gasteiger partial charge on any atom is 0.337 e. The predicted octanol–water partition coefficient (Wildman–Crippen LogP) is 3.61. The number of carboxylic acids is 1. The summed E-state index contributed by atoms with van der Waals surface area (Å²) in [6.07, 6.45) is 0. The molecule has 2 aromatic rings. The van der Waals surface area contributed by atoms with E-state index >= 15 is 0 Å². The topological polar surface area (TPSA) is 49.3 Å². The van der Waals surface area contributed by atoms with E-state index in [1.807, 2.05) is 38.1 Å². The van der Waals surface area contributed by atoms with Gasteiger partial charge in [-0.05, 0) is 37.1 Å². The summed E-state index contributed by atoms with van der Waals surface area (Å²) in [7, 11) is 0. The van der Waals surface area contributed by atoms with E-state index in [4.69, 9.17) is 5.11 Å². The normalized spacial score (nSPS) is 10.2. The van der Waals surface area contributed by atoms with Gasteiger partial charge < -0.3 is 10.4 Å². The van der Waals surface area contributed by atoms with Gasteiger partial charge >= 0.3 is 5.97 Å². The van der Waals surface area contributed by atoms with E-state index < -0.39 is 5.97 Å². The molecular formula is C16H17NO2. The largest absolute Gasteiger partial charge is 0.478 e. The van der Waals surface area contributed by atoms with Crippen molar-refractivity contribution in [2.24, 2.45) is 0 Å². The molecule has 0 aliphatic rings. The molecule has 3 heteroatoms. The van der Waals surface area contributed by atoms with Crippen LogP contribution in [0.5, 0.6) is 0 Å². The molecule has 0 aliphatic heterocycles. The van der Waals surface area contributed by atoms with Gasteiger partial charge in [-0.15, -0.1) is 0 Å². The summed E-state index contributed by atoms with van der Waals surface area (Å²) in [5, 5.41) is 12.4. The Morgan fingerprint density at radius 1 is 1.11 bits per heavy atom. The number of carboxylic acid groups (broad SMARTS) is 1. The SMILES string of the molecule is Cc1cccc(CNc2cc(C)ccc2C(=O)O)c1. The molecule has 0 spiro atoms. The van der Waals surface area contributed by atoms with E-state index in [2.05, 4.69) is 11.4 Å². The number of aromatic carboxylic acids is 1. The molecule has 0 fully saturated rings. The molecule has 0 saturated heterocycles. The van der Waals surface area contributed by atoms with Crippen molar-refractivity contribution in [3.05, 3.63) is 64.7 Å². The fraction of sp³-hybridized carbons (Fsp3) is 0.188. The van der Waals surface area contributed by atoms with Crippen molar-refractivity contribution in [3.63, 3.8) is 0 Å². The minimum absolute atomic E-state index is 0.304. The van der Waals surface area contributed by atoms with Crippen LogP contribution in [-0.2, 0) is 6.54 Å². The minimum atomic E-state index is -0.910.